The number of hydrogen-bond donors (Lipinski definition) is 0. The fraction of sp³-hybridized carbons (Fsp3) is 0.700. The number of aliphatic imine (C=N–C) groups is 1. The van der Waals surface area contributed by atoms with Gasteiger partial charge in [-0.1, -0.05) is 12.5 Å². The third-order valence-electron chi connectivity index (χ3n) is 2.12. The quantitative estimate of drug-likeness (QED) is 0.457. The Morgan fingerprint density at radius 1 is 1.17 bits per heavy atom. The van der Waals surface area contributed by atoms with Crippen LogP contribution in [0.25, 0.3) is 0 Å². The number of allylic oxidation sites excluding steroid dienone is 2. The van der Waals surface area contributed by atoms with Crippen molar-refractivity contribution in [2.24, 2.45) is 4.99 Å². The van der Waals surface area contributed by atoms with Gasteiger partial charge in [0.15, 0.2) is 0 Å². The fourth-order valence-electron chi connectivity index (χ4n) is 0.694. The Labute approximate surface area is 76.0 Å². The lowest BCUT2D eigenvalue weighted by Gasteiger charge is -2.11. The molecule has 0 aromatic carbocycles. The van der Waals surface area contributed by atoms with Crippen LogP contribution in [-0.4, -0.2) is 24.8 Å². The molecule has 0 saturated carbocycles. The maximum atomic E-state index is 4.47. The Morgan fingerprint density at radius 2 is 1.67 bits per heavy atom. The molecule has 0 fully saturated rings. The first kappa shape index (κ1) is 11.2. The zero-order valence-corrected chi connectivity index (χ0v) is 9.10. The largest absolute Gasteiger partial charge is 0.366 e. The van der Waals surface area contributed by atoms with Gasteiger partial charge in [0.2, 0.25) is 0 Å². The molecule has 0 aliphatic heterocycles. The molecule has 0 aromatic rings. The van der Waals surface area contributed by atoms with E-state index in [-0.39, 0.29) is 0 Å². The maximum Gasteiger partial charge on any atom is 0.101 e. The van der Waals surface area contributed by atoms with Gasteiger partial charge in [-0.15, -0.1) is 0 Å². The first-order valence-corrected chi connectivity index (χ1v) is 4.38. The van der Waals surface area contributed by atoms with Gasteiger partial charge in [0, 0.05) is 19.8 Å². The van der Waals surface area contributed by atoms with E-state index >= 15 is 0 Å². The third-order valence-corrected chi connectivity index (χ3v) is 2.12. The highest BCUT2D eigenvalue weighted by Crippen LogP contribution is 2.08. The van der Waals surface area contributed by atoms with Crippen molar-refractivity contribution in [1.82, 2.24) is 4.90 Å². The van der Waals surface area contributed by atoms with Crippen molar-refractivity contribution in [3.8, 4) is 0 Å². The van der Waals surface area contributed by atoms with E-state index in [2.05, 4.69) is 25.8 Å². The number of nitrogens with zero attached hydrogens (tertiary/aromatic N) is 2. The van der Waals surface area contributed by atoms with Crippen molar-refractivity contribution < 1.29 is 0 Å². The maximum absolute atomic E-state index is 4.47. The summed E-state index contributed by atoms with van der Waals surface area (Å²) in [5, 5.41) is 0. The van der Waals surface area contributed by atoms with Crippen molar-refractivity contribution in [2.75, 3.05) is 14.1 Å². The lowest BCUT2D eigenvalue weighted by Crippen LogP contribution is -2.18. The van der Waals surface area contributed by atoms with Crippen LogP contribution in [0.15, 0.2) is 16.3 Å². The van der Waals surface area contributed by atoms with Crippen LogP contribution in [0.3, 0.4) is 0 Å². The van der Waals surface area contributed by atoms with E-state index in [0.717, 1.165) is 18.0 Å². The SMILES string of the molecule is CCC(C)=C(C)N=C(C)N(C)C. The molecular formula is C10H20N2. The Bertz CT molecular complexity index is 200. The van der Waals surface area contributed by atoms with Gasteiger partial charge < -0.3 is 4.90 Å². The summed E-state index contributed by atoms with van der Waals surface area (Å²) < 4.78 is 0. The molecular weight excluding hydrogens is 148 g/mol. The molecule has 0 saturated heterocycles. The van der Waals surface area contributed by atoms with Crippen LogP contribution in [0.5, 0.6) is 0 Å². The molecule has 0 aliphatic carbocycles. The van der Waals surface area contributed by atoms with Crippen molar-refractivity contribution in [2.45, 2.75) is 34.1 Å². The second kappa shape index (κ2) is 4.96. The van der Waals surface area contributed by atoms with Gasteiger partial charge in [-0.3, -0.25) is 0 Å². The summed E-state index contributed by atoms with van der Waals surface area (Å²) in [6.07, 6.45) is 1.08. The second-order valence-corrected chi connectivity index (χ2v) is 3.27. The minimum atomic E-state index is 1.06. The first-order valence-electron chi connectivity index (χ1n) is 4.38. The molecule has 2 heteroatoms. The topological polar surface area (TPSA) is 15.6 Å². The van der Waals surface area contributed by atoms with Crippen LogP contribution in [0.1, 0.15) is 34.1 Å². The van der Waals surface area contributed by atoms with E-state index in [4.69, 9.17) is 0 Å². The summed E-state index contributed by atoms with van der Waals surface area (Å²) >= 11 is 0. The summed E-state index contributed by atoms with van der Waals surface area (Å²) in [7, 11) is 4.01. The van der Waals surface area contributed by atoms with Crippen LogP contribution >= 0.6 is 0 Å². The summed E-state index contributed by atoms with van der Waals surface area (Å²) in [5.41, 5.74) is 2.50. The third kappa shape index (κ3) is 3.56. The predicted octanol–water partition coefficient (Wildman–Crippen LogP) is 2.67. The molecule has 0 unspecified atom stereocenters. The monoisotopic (exact) mass is 168 g/mol. The van der Waals surface area contributed by atoms with Gasteiger partial charge in [-0.05, 0) is 27.2 Å². The average Bonchev–Trinajstić information content (AvgIpc) is 2.02. The molecule has 70 valence electrons. The molecule has 12 heavy (non-hydrogen) atoms. The average molecular weight is 168 g/mol. The van der Waals surface area contributed by atoms with Gasteiger partial charge in [0.25, 0.3) is 0 Å². The highest BCUT2D eigenvalue weighted by molar-refractivity contribution is 5.80. The molecule has 0 bridgehead atoms. The van der Waals surface area contributed by atoms with Crippen molar-refractivity contribution in [3.63, 3.8) is 0 Å². The first-order chi connectivity index (χ1) is 5.49. The molecule has 0 radical (unpaired) electrons. The lowest BCUT2D eigenvalue weighted by molar-refractivity contribution is 0.617. The van der Waals surface area contributed by atoms with Gasteiger partial charge >= 0.3 is 0 Å². The van der Waals surface area contributed by atoms with E-state index < -0.39 is 0 Å². The Hall–Kier alpha value is -0.790. The molecule has 0 amide bonds. The number of rotatable bonds is 2. The van der Waals surface area contributed by atoms with Gasteiger partial charge in [0.1, 0.15) is 5.84 Å². The van der Waals surface area contributed by atoms with Crippen molar-refractivity contribution in [1.29, 1.82) is 0 Å². The van der Waals surface area contributed by atoms with Crippen LogP contribution in [0.2, 0.25) is 0 Å². The summed E-state index contributed by atoms with van der Waals surface area (Å²) in [6.45, 7) is 8.36. The smallest absolute Gasteiger partial charge is 0.101 e. The molecule has 0 aromatic heterocycles. The van der Waals surface area contributed by atoms with E-state index in [1.807, 2.05) is 25.9 Å². The summed E-state index contributed by atoms with van der Waals surface area (Å²) in [4.78, 5) is 6.49. The predicted molar refractivity (Wildman–Crippen MR) is 55.5 cm³/mol. The molecule has 2 nitrogen and oxygen atoms in total. The zero-order valence-electron chi connectivity index (χ0n) is 9.10. The molecule has 0 rings (SSSR count). The highest BCUT2D eigenvalue weighted by Gasteiger charge is 1.95. The summed E-state index contributed by atoms with van der Waals surface area (Å²) in [6, 6.07) is 0. The minimum absolute atomic E-state index is 1.06. The fourth-order valence-corrected chi connectivity index (χ4v) is 0.694. The van der Waals surface area contributed by atoms with Gasteiger partial charge in [-0.2, -0.15) is 0 Å². The van der Waals surface area contributed by atoms with Crippen molar-refractivity contribution >= 4 is 5.84 Å². The Morgan fingerprint density at radius 3 is 2.00 bits per heavy atom. The van der Waals surface area contributed by atoms with E-state index in [0.29, 0.717) is 0 Å². The standard InChI is InChI=1S/C10H20N2/c1-7-8(2)9(3)11-10(4)12(5)6/h7H2,1-6H3. The molecule has 0 spiro atoms. The van der Waals surface area contributed by atoms with Crippen LogP contribution < -0.4 is 0 Å². The van der Waals surface area contributed by atoms with E-state index in [1.54, 1.807) is 0 Å². The van der Waals surface area contributed by atoms with Crippen LogP contribution in [-0.2, 0) is 0 Å². The van der Waals surface area contributed by atoms with Crippen LogP contribution in [0, 0.1) is 0 Å². The lowest BCUT2D eigenvalue weighted by atomic mass is 10.2. The Kier molecular flexibility index (Phi) is 4.64. The molecule has 0 N–H and O–H groups in total. The normalized spacial score (nSPS) is 14.3. The second-order valence-electron chi connectivity index (χ2n) is 3.27. The Balaban J connectivity index is 4.53. The van der Waals surface area contributed by atoms with E-state index in [1.165, 1.54) is 5.57 Å². The van der Waals surface area contributed by atoms with Crippen molar-refractivity contribution in [3.05, 3.63) is 11.3 Å². The molecule has 0 heterocycles. The number of amidine groups is 1. The van der Waals surface area contributed by atoms with Crippen LogP contribution in [0.4, 0.5) is 0 Å². The van der Waals surface area contributed by atoms with Gasteiger partial charge in [0.05, 0.1) is 0 Å². The number of hydrogen-bond acceptors (Lipinski definition) is 1. The van der Waals surface area contributed by atoms with E-state index in [9.17, 15) is 0 Å². The minimum Gasteiger partial charge on any atom is -0.366 e. The zero-order chi connectivity index (χ0) is 9.72. The molecule has 0 aliphatic rings. The summed E-state index contributed by atoms with van der Waals surface area (Å²) in [5.74, 6) is 1.06. The van der Waals surface area contributed by atoms with Gasteiger partial charge in [-0.25, -0.2) is 4.99 Å². The highest BCUT2D eigenvalue weighted by atomic mass is 15.1. The molecule has 0 atom stereocenters.